The van der Waals surface area contributed by atoms with Gasteiger partial charge in [-0.2, -0.15) is 5.01 Å². The number of benzene rings is 4. The second-order valence-electron chi connectivity index (χ2n) is 10.2. The van der Waals surface area contributed by atoms with Gasteiger partial charge in [0, 0.05) is 16.9 Å². The van der Waals surface area contributed by atoms with E-state index in [1.165, 1.54) is 5.01 Å². The van der Waals surface area contributed by atoms with Crippen LogP contribution in [0.5, 0.6) is 0 Å². The molecule has 0 radical (unpaired) electrons. The molecule has 1 fully saturated rings. The number of carbonyl (C=O) groups excluding carboxylic acids is 3. The third kappa shape index (κ3) is 3.57. The van der Waals surface area contributed by atoms with Crippen LogP contribution in [0.15, 0.2) is 97.1 Å². The smallest absolute Gasteiger partial charge is 0.272 e. The minimum absolute atomic E-state index is 0.00732. The van der Waals surface area contributed by atoms with Crippen molar-refractivity contribution >= 4 is 40.9 Å². The van der Waals surface area contributed by atoms with E-state index in [-0.39, 0.29) is 40.8 Å². The molecule has 7 heteroatoms. The zero-order chi connectivity index (χ0) is 26.8. The van der Waals surface area contributed by atoms with E-state index in [0.29, 0.717) is 5.02 Å². The molecule has 3 amide bonds. The van der Waals surface area contributed by atoms with E-state index < -0.39 is 17.7 Å². The molecule has 8 rings (SSSR count). The van der Waals surface area contributed by atoms with Gasteiger partial charge in [-0.05, 0) is 52.1 Å². The van der Waals surface area contributed by atoms with Crippen molar-refractivity contribution in [3.05, 3.63) is 140 Å². The number of halogens is 2. The molecule has 3 aliphatic carbocycles. The Labute approximate surface area is 235 Å². The maximum Gasteiger partial charge on any atom is 0.274 e. The van der Waals surface area contributed by atoms with Crippen LogP contribution in [0, 0.1) is 11.8 Å². The lowest BCUT2D eigenvalue weighted by atomic mass is 9.55. The van der Waals surface area contributed by atoms with E-state index in [4.69, 9.17) is 23.2 Å². The third-order valence-corrected chi connectivity index (χ3v) is 8.83. The standard InChI is InChI=1S/C32H22Cl2N2O3/c33-19-15-13-18(14-16-19)17-35(30(37)24-11-5-6-12-25(24)34)36-31(38)28-26-20-7-1-2-8-21(20)27(29(28)32(36)39)23-10-4-3-9-22(23)26/h1-16,26-29H,17H2/t26?,27?,28-,29-/m0/s1. The first-order chi connectivity index (χ1) is 19.0. The summed E-state index contributed by atoms with van der Waals surface area (Å²) in [5, 5.41) is 3.14. The van der Waals surface area contributed by atoms with Gasteiger partial charge in [-0.15, -0.1) is 0 Å². The molecule has 2 atom stereocenters. The molecule has 0 aromatic heterocycles. The second kappa shape index (κ2) is 9.08. The highest BCUT2D eigenvalue weighted by Gasteiger charge is 2.63. The lowest BCUT2D eigenvalue weighted by Crippen LogP contribution is -2.50. The molecule has 1 heterocycles. The van der Waals surface area contributed by atoms with Crippen molar-refractivity contribution in [2.45, 2.75) is 18.4 Å². The highest BCUT2D eigenvalue weighted by Crippen LogP contribution is 2.61. The molecule has 4 aromatic carbocycles. The van der Waals surface area contributed by atoms with Gasteiger partial charge < -0.3 is 0 Å². The van der Waals surface area contributed by atoms with Gasteiger partial charge in [0.05, 0.1) is 29.0 Å². The van der Waals surface area contributed by atoms with Crippen LogP contribution in [0.2, 0.25) is 10.0 Å². The first kappa shape index (κ1) is 24.1. The number of nitrogens with zero attached hydrogens (tertiary/aromatic N) is 2. The Morgan fingerprint density at radius 2 is 1.13 bits per heavy atom. The van der Waals surface area contributed by atoms with Crippen LogP contribution in [0.25, 0.3) is 0 Å². The molecular weight excluding hydrogens is 531 g/mol. The van der Waals surface area contributed by atoms with Gasteiger partial charge in [-0.25, -0.2) is 5.01 Å². The summed E-state index contributed by atoms with van der Waals surface area (Å²) in [4.78, 5) is 42.7. The van der Waals surface area contributed by atoms with E-state index in [2.05, 4.69) is 24.3 Å². The first-order valence-electron chi connectivity index (χ1n) is 12.8. The SMILES string of the molecule is O=C(c1ccccc1Cl)N(Cc1ccc(Cl)cc1)N1C(=O)[C@H]2C3c4ccccc4C(c4ccccc43)[C@@H]2C1=O. The van der Waals surface area contributed by atoms with Gasteiger partial charge in [0.1, 0.15) is 0 Å². The van der Waals surface area contributed by atoms with Crippen LogP contribution in [0.3, 0.4) is 0 Å². The van der Waals surface area contributed by atoms with Gasteiger partial charge >= 0.3 is 0 Å². The maximum absolute atomic E-state index is 14.3. The Bertz CT molecular complexity index is 1550. The quantitative estimate of drug-likeness (QED) is 0.273. The molecule has 192 valence electrons. The Hall–Kier alpha value is -3.93. The largest absolute Gasteiger partial charge is 0.274 e. The lowest BCUT2D eigenvalue weighted by Gasteiger charge is -2.45. The number of imide groups is 1. The van der Waals surface area contributed by atoms with Crippen LogP contribution in [0.1, 0.15) is 50.0 Å². The minimum Gasteiger partial charge on any atom is -0.272 e. The zero-order valence-electron chi connectivity index (χ0n) is 20.6. The molecule has 39 heavy (non-hydrogen) atoms. The van der Waals surface area contributed by atoms with Gasteiger partial charge in [-0.1, -0.05) is 96.0 Å². The highest BCUT2D eigenvalue weighted by molar-refractivity contribution is 6.34. The number of carbonyl (C=O) groups is 3. The van der Waals surface area contributed by atoms with Crippen molar-refractivity contribution in [2.24, 2.45) is 11.8 Å². The molecule has 2 bridgehead atoms. The molecule has 4 aromatic rings. The summed E-state index contributed by atoms with van der Waals surface area (Å²) in [6, 6.07) is 29.8. The van der Waals surface area contributed by atoms with Crippen molar-refractivity contribution < 1.29 is 14.4 Å². The molecule has 0 spiro atoms. The van der Waals surface area contributed by atoms with E-state index in [1.807, 2.05) is 24.3 Å². The Morgan fingerprint density at radius 3 is 1.62 bits per heavy atom. The summed E-state index contributed by atoms with van der Waals surface area (Å²) < 4.78 is 0. The van der Waals surface area contributed by atoms with Crippen molar-refractivity contribution in [1.29, 1.82) is 0 Å². The van der Waals surface area contributed by atoms with E-state index in [0.717, 1.165) is 32.8 Å². The van der Waals surface area contributed by atoms with Gasteiger partial charge in [0.25, 0.3) is 17.7 Å². The summed E-state index contributed by atoms with van der Waals surface area (Å²) in [6.07, 6.45) is 0. The van der Waals surface area contributed by atoms with Gasteiger partial charge in [0.15, 0.2) is 0 Å². The van der Waals surface area contributed by atoms with E-state index >= 15 is 0 Å². The van der Waals surface area contributed by atoms with Crippen LogP contribution in [-0.2, 0) is 16.1 Å². The predicted molar refractivity (Wildman–Crippen MR) is 148 cm³/mol. The summed E-state index contributed by atoms with van der Waals surface area (Å²) in [5.41, 5.74) is 5.25. The number of hydrogen-bond acceptors (Lipinski definition) is 3. The molecule has 4 aliphatic rings. The molecular formula is C32H22Cl2N2O3. The summed E-state index contributed by atoms with van der Waals surface area (Å²) in [6.45, 7) is 0.00732. The monoisotopic (exact) mass is 552 g/mol. The maximum atomic E-state index is 14.3. The van der Waals surface area contributed by atoms with E-state index in [9.17, 15) is 14.4 Å². The molecule has 0 N–H and O–H groups in total. The first-order valence-corrected chi connectivity index (χ1v) is 13.6. The van der Waals surface area contributed by atoms with Crippen molar-refractivity contribution in [3.8, 4) is 0 Å². The third-order valence-electron chi connectivity index (χ3n) is 8.25. The fraction of sp³-hybridized carbons (Fsp3) is 0.156. The van der Waals surface area contributed by atoms with Crippen LogP contribution in [-0.4, -0.2) is 27.7 Å². The number of hydrazine groups is 1. The summed E-state index contributed by atoms with van der Waals surface area (Å²) >= 11 is 12.5. The molecule has 0 unspecified atom stereocenters. The topological polar surface area (TPSA) is 57.7 Å². The van der Waals surface area contributed by atoms with Crippen molar-refractivity contribution in [2.75, 3.05) is 0 Å². The summed E-state index contributed by atoms with van der Waals surface area (Å²) in [7, 11) is 0. The van der Waals surface area contributed by atoms with Crippen LogP contribution in [0.4, 0.5) is 0 Å². The number of hydrogen-bond donors (Lipinski definition) is 0. The van der Waals surface area contributed by atoms with Crippen molar-refractivity contribution in [3.63, 3.8) is 0 Å². The number of amides is 3. The fourth-order valence-electron chi connectivity index (χ4n) is 6.67. The predicted octanol–water partition coefficient (Wildman–Crippen LogP) is 6.44. The highest BCUT2D eigenvalue weighted by atomic mass is 35.5. The van der Waals surface area contributed by atoms with Crippen LogP contribution < -0.4 is 0 Å². The zero-order valence-corrected chi connectivity index (χ0v) is 22.1. The lowest BCUT2D eigenvalue weighted by molar-refractivity contribution is -0.155. The van der Waals surface area contributed by atoms with Crippen molar-refractivity contribution in [1.82, 2.24) is 10.0 Å². The van der Waals surface area contributed by atoms with E-state index in [1.54, 1.807) is 48.5 Å². The Kier molecular flexibility index (Phi) is 5.62. The fourth-order valence-corrected chi connectivity index (χ4v) is 7.01. The van der Waals surface area contributed by atoms with Crippen LogP contribution >= 0.6 is 23.2 Å². The second-order valence-corrected chi connectivity index (χ2v) is 11.1. The molecule has 0 saturated carbocycles. The molecule has 1 saturated heterocycles. The minimum atomic E-state index is -0.598. The summed E-state index contributed by atoms with van der Waals surface area (Å²) in [5.74, 6) is -2.96. The van der Waals surface area contributed by atoms with Gasteiger partial charge in [-0.3, -0.25) is 14.4 Å². The molecule has 1 aliphatic heterocycles. The Balaban J connectivity index is 1.36. The number of rotatable bonds is 4. The average Bonchev–Trinajstić information content (AvgIpc) is 3.22. The Morgan fingerprint density at radius 1 is 0.667 bits per heavy atom. The normalized spacial score (nSPS) is 22.4. The molecule has 5 nitrogen and oxygen atoms in total. The van der Waals surface area contributed by atoms with Gasteiger partial charge in [0.2, 0.25) is 0 Å². The average molecular weight is 553 g/mol.